The molecular weight excluding hydrogens is 298 g/mol. The van der Waals surface area contributed by atoms with Crippen molar-refractivity contribution in [1.29, 1.82) is 0 Å². The topological polar surface area (TPSA) is 50.9 Å². The summed E-state index contributed by atoms with van der Waals surface area (Å²) in [7, 11) is 0. The number of hydrogen-bond donors (Lipinski definition) is 2. The van der Waals surface area contributed by atoms with Gasteiger partial charge in [-0.05, 0) is 40.2 Å². The molecule has 0 amide bonds. The van der Waals surface area contributed by atoms with Crippen LogP contribution in [-0.2, 0) is 5.75 Å². The molecule has 0 radical (unpaired) electrons. The zero-order valence-corrected chi connectivity index (χ0v) is 11.5. The highest BCUT2D eigenvalue weighted by atomic mass is 79.9. The van der Waals surface area contributed by atoms with Crippen molar-refractivity contribution in [2.45, 2.75) is 10.6 Å². The molecule has 0 spiro atoms. The van der Waals surface area contributed by atoms with Crippen LogP contribution in [-0.4, -0.2) is 4.98 Å². The third-order valence-electron chi connectivity index (χ3n) is 2.17. The van der Waals surface area contributed by atoms with Crippen LogP contribution >= 0.6 is 27.7 Å². The zero-order valence-electron chi connectivity index (χ0n) is 9.06. The van der Waals surface area contributed by atoms with E-state index in [1.54, 1.807) is 11.8 Å². The fourth-order valence-electron chi connectivity index (χ4n) is 1.35. The number of nitrogens with one attached hydrogen (secondary N) is 1. The molecule has 2 aromatic rings. The first-order valence-corrected chi connectivity index (χ1v) is 6.87. The van der Waals surface area contributed by atoms with Crippen molar-refractivity contribution in [1.82, 2.24) is 4.98 Å². The summed E-state index contributed by atoms with van der Waals surface area (Å²) in [5, 5.41) is 0. The number of hydrogen-bond acceptors (Lipinski definition) is 4. The molecule has 88 valence electrons. The molecule has 3 N–H and O–H groups in total. The Balaban J connectivity index is 2.05. The van der Waals surface area contributed by atoms with Gasteiger partial charge in [0.25, 0.3) is 0 Å². The van der Waals surface area contributed by atoms with Crippen LogP contribution in [0.25, 0.3) is 0 Å². The lowest BCUT2D eigenvalue weighted by Crippen LogP contribution is -2.08. The molecule has 0 fully saturated rings. The van der Waals surface area contributed by atoms with Crippen molar-refractivity contribution < 1.29 is 0 Å². The molecule has 0 saturated heterocycles. The van der Waals surface area contributed by atoms with Gasteiger partial charge in [-0.3, -0.25) is 0 Å². The Kier molecular flexibility index (Phi) is 4.42. The van der Waals surface area contributed by atoms with Gasteiger partial charge >= 0.3 is 0 Å². The number of thioether (sulfide) groups is 1. The number of nitrogens with zero attached hydrogens (tertiary/aromatic N) is 1. The number of nitrogen functional groups attached to an aromatic ring is 1. The minimum absolute atomic E-state index is 0.690. The van der Waals surface area contributed by atoms with E-state index in [0.29, 0.717) is 5.82 Å². The molecule has 17 heavy (non-hydrogen) atoms. The Morgan fingerprint density at radius 2 is 2.00 bits per heavy atom. The number of benzene rings is 1. The van der Waals surface area contributed by atoms with Gasteiger partial charge in [0, 0.05) is 15.1 Å². The predicted octanol–water partition coefficient (Wildman–Crippen LogP) is 3.42. The fourth-order valence-corrected chi connectivity index (χ4v) is 2.83. The molecular formula is C12H12BrN3S. The van der Waals surface area contributed by atoms with Crippen LogP contribution in [0.3, 0.4) is 0 Å². The maximum atomic E-state index is 5.32. The Labute approximate surface area is 113 Å². The molecule has 0 atom stereocenters. The normalized spacial score (nSPS) is 10.2. The van der Waals surface area contributed by atoms with Crippen molar-refractivity contribution >= 4 is 33.5 Å². The van der Waals surface area contributed by atoms with Crippen LogP contribution in [0.1, 0.15) is 5.69 Å². The molecule has 0 saturated carbocycles. The average molecular weight is 310 g/mol. The lowest BCUT2D eigenvalue weighted by Gasteiger charge is -2.05. The zero-order chi connectivity index (χ0) is 12.1. The van der Waals surface area contributed by atoms with Gasteiger partial charge in [0.05, 0.1) is 5.69 Å². The standard InChI is InChI=1S/C12H12BrN3S/c13-10-5-1-2-6-11(10)17-8-9-4-3-7-12(15-9)16-14/h1-7H,8,14H2,(H,15,16). The van der Waals surface area contributed by atoms with Gasteiger partial charge in [-0.15, -0.1) is 11.8 Å². The van der Waals surface area contributed by atoms with Crippen molar-refractivity contribution in [3.8, 4) is 0 Å². The highest BCUT2D eigenvalue weighted by Gasteiger charge is 2.01. The van der Waals surface area contributed by atoms with Gasteiger partial charge in [-0.25, -0.2) is 10.8 Å². The molecule has 1 heterocycles. The molecule has 0 unspecified atom stereocenters. The van der Waals surface area contributed by atoms with Crippen LogP contribution in [0.5, 0.6) is 0 Å². The maximum absolute atomic E-state index is 5.32. The van der Waals surface area contributed by atoms with E-state index in [2.05, 4.69) is 32.4 Å². The number of rotatable bonds is 4. The van der Waals surface area contributed by atoms with E-state index in [4.69, 9.17) is 5.84 Å². The first-order valence-electron chi connectivity index (χ1n) is 5.09. The molecule has 0 aliphatic heterocycles. The summed E-state index contributed by atoms with van der Waals surface area (Å²) < 4.78 is 1.11. The summed E-state index contributed by atoms with van der Waals surface area (Å²) in [6, 6.07) is 13.9. The van der Waals surface area contributed by atoms with E-state index in [1.165, 1.54) is 4.90 Å². The number of hydrazine groups is 1. The van der Waals surface area contributed by atoms with Crippen molar-refractivity contribution in [2.24, 2.45) is 5.84 Å². The molecule has 0 bridgehead atoms. The quantitative estimate of drug-likeness (QED) is 0.516. The second-order valence-electron chi connectivity index (χ2n) is 3.38. The van der Waals surface area contributed by atoms with Crippen molar-refractivity contribution in [3.63, 3.8) is 0 Å². The van der Waals surface area contributed by atoms with Gasteiger partial charge in [-0.1, -0.05) is 18.2 Å². The van der Waals surface area contributed by atoms with Crippen LogP contribution in [0.2, 0.25) is 0 Å². The third kappa shape index (κ3) is 3.46. The molecule has 0 aliphatic carbocycles. The number of pyridine rings is 1. The maximum Gasteiger partial charge on any atom is 0.140 e. The van der Waals surface area contributed by atoms with Crippen LogP contribution < -0.4 is 11.3 Å². The molecule has 1 aromatic carbocycles. The lowest BCUT2D eigenvalue weighted by molar-refractivity contribution is 1.14. The minimum atomic E-state index is 0.690. The van der Waals surface area contributed by atoms with E-state index in [-0.39, 0.29) is 0 Å². The van der Waals surface area contributed by atoms with Gasteiger partial charge in [0.15, 0.2) is 0 Å². The SMILES string of the molecule is NNc1cccc(CSc2ccccc2Br)n1. The van der Waals surface area contributed by atoms with E-state index in [1.807, 2.05) is 36.4 Å². The highest BCUT2D eigenvalue weighted by molar-refractivity contribution is 9.10. The van der Waals surface area contributed by atoms with Crippen LogP contribution in [0.4, 0.5) is 5.82 Å². The second kappa shape index (κ2) is 6.05. The fraction of sp³-hybridized carbons (Fsp3) is 0.0833. The lowest BCUT2D eigenvalue weighted by atomic mass is 10.4. The molecule has 5 heteroatoms. The minimum Gasteiger partial charge on any atom is -0.308 e. The summed E-state index contributed by atoms with van der Waals surface area (Å²) in [6.07, 6.45) is 0. The van der Waals surface area contributed by atoms with Crippen molar-refractivity contribution in [3.05, 3.63) is 52.6 Å². The number of nitrogens with two attached hydrogens (primary N) is 1. The Morgan fingerprint density at radius 1 is 1.18 bits per heavy atom. The first kappa shape index (κ1) is 12.4. The van der Waals surface area contributed by atoms with Crippen LogP contribution in [0.15, 0.2) is 51.8 Å². The summed E-state index contributed by atoms with van der Waals surface area (Å²) in [5.41, 5.74) is 3.55. The van der Waals surface area contributed by atoms with Crippen LogP contribution in [0, 0.1) is 0 Å². The summed E-state index contributed by atoms with van der Waals surface area (Å²) >= 11 is 5.27. The summed E-state index contributed by atoms with van der Waals surface area (Å²) in [4.78, 5) is 5.57. The van der Waals surface area contributed by atoms with Gasteiger partial charge < -0.3 is 5.43 Å². The monoisotopic (exact) mass is 309 g/mol. The number of halogens is 1. The molecule has 1 aromatic heterocycles. The number of aromatic nitrogens is 1. The van der Waals surface area contributed by atoms with E-state index < -0.39 is 0 Å². The Morgan fingerprint density at radius 3 is 2.76 bits per heavy atom. The van der Waals surface area contributed by atoms with Gasteiger partial charge in [0.2, 0.25) is 0 Å². The molecule has 0 aliphatic rings. The smallest absolute Gasteiger partial charge is 0.140 e. The predicted molar refractivity (Wildman–Crippen MR) is 75.8 cm³/mol. The second-order valence-corrected chi connectivity index (χ2v) is 5.25. The summed E-state index contributed by atoms with van der Waals surface area (Å²) in [5.74, 6) is 6.83. The number of anilines is 1. The van der Waals surface area contributed by atoms with Gasteiger partial charge in [0.1, 0.15) is 5.82 Å². The Bertz CT molecular complexity index is 505. The average Bonchev–Trinajstić information content (AvgIpc) is 2.38. The first-order chi connectivity index (χ1) is 8.29. The highest BCUT2D eigenvalue weighted by Crippen LogP contribution is 2.29. The Hall–Kier alpha value is -1.04. The van der Waals surface area contributed by atoms with Crippen molar-refractivity contribution in [2.75, 3.05) is 5.43 Å². The van der Waals surface area contributed by atoms with E-state index >= 15 is 0 Å². The molecule has 2 rings (SSSR count). The largest absolute Gasteiger partial charge is 0.308 e. The van der Waals surface area contributed by atoms with Gasteiger partial charge in [-0.2, -0.15) is 0 Å². The van der Waals surface area contributed by atoms with E-state index in [0.717, 1.165) is 15.9 Å². The third-order valence-corrected chi connectivity index (χ3v) is 4.23. The molecule has 3 nitrogen and oxygen atoms in total. The summed E-state index contributed by atoms with van der Waals surface area (Å²) in [6.45, 7) is 0. The van der Waals surface area contributed by atoms with E-state index in [9.17, 15) is 0 Å².